The first-order chi connectivity index (χ1) is 14.3. The molecule has 0 saturated carbocycles. The van der Waals surface area contributed by atoms with Crippen molar-refractivity contribution in [2.75, 3.05) is 13.4 Å². The summed E-state index contributed by atoms with van der Waals surface area (Å²) in [6, 6.07) is 14.5. The number of aromatic nitrogens is 5. The molecule has 0 fully saturated rings. The van der Waals surface area contributed by atoms with Gasteiger partial charge in [0.2, 0.25) is 12.4 Å². The highest BCUT2D eigenvalue weighted by Gasteiger charge is 2.16. The average molecular weight is 391 g/mol. The molecule has 0 unspecified atom stereocenters. The number of fused-ring (bicyclic) bond motifs is 2. The number of tetrazole rings is 1. The van der Waals surface area contributed by atoms with Crippen LogP contribution in [-0.4, -0.2) is 38.6 Å². The highest BCUT2D eigenvalue weighted by atomic mass is 16.7. The standard InChI is InChI=1S/C20H17N5O4/c26-20-8-3-13-10-15(5-6-16(13)21-20)27-9-1-2-19-22-23-24-25(19)14-4-7-17-18(11-14)29-12-28-17/h3-8,10-11H,1-2,9,12H2,(H,21,26). The van der Waals surface area contributed by atoms with Crippen molar-refractivity contribution in [1.82, 2.24) is 25.2 Å². The summed E-state index contributed by atoms with van der Waals surface area (Å²) in [5.41, 5.74) is 1.48. The Bertz CT molecular complexity index is 1230. The van der Waals surface area contributed by atoms with E-state index in [1.165, 1.54) is 6.07 Å². The van der Waals surface area contributed by atoms with E-state index in [2.05, 4.69) is 20.5 Å². The van der Waals surface area contributed by atoms with Crippen LogP contribution < -0.4 is 19.8 Å². The lowest BCUT2D eigenvalue weighted by molar-refractivity contribution is 0.174. The highest BCUT2D eigenvalue weighted by molar-refractivity contribution is 5.79. The van der Waals surface area contributed by atoms with Crippen LogP contribution in [0.5, 0.6) is 17.2 Å². The number of hydrogen-bond donors (Lipinski definition) is 1. The van der Waals surface area contributed by atoms with Crippen LogP contribution in [0.15, 0.2) is 53.3 Å². The minimum absolute atomic E-state index is 0.119. The summed E-state index contributed by atoms with van der Waals surface area (Å²) in [6.07, 6.45) is 1.40. The quantitative estimate of drug-likeness (QED) is 0.503. The topological polar surface area (TPSA) is 104 Å². The maximum atomic E-state index is 11.4. The van der Waals surface area contributed by atoms with E-state index in [0.29, 0.717) is 18.8 Å². The van der Waals surface area contributed by atoms with E-state index in [-0.39, 0.29) is 12.4 Å². The second kappa shape index (κ2) is 7.27. The smallest absolute Gasteiger partial charge is 0.248 e. The Morgan fingerprint density at radius 2 is 2.00 bits per heavy atom. The van der Waals surface area contributed by atoms with Crippen LogP contribution in [0, 0.1) is 0 Å². The number of benzene rings is 2. The first-order valence-electron chi connectivity index (χ1n) is 9.19. The Balaban J connectivity index is 1.22. The monoisotopic (exact) mass is 391 g/mol. The molecule has 0 bridgehead atoms. The summed E-state index contributed by atoms with van der Waals surface area (Å²) in [5, 5.41) is 12.9. The Hall–Kier alpha value is -3.88. The van der Waals surface area contributed by atoms with Crippen molar-refractivity contribution >= 4 is 10.9 Å². The van der Waals surface area contributed by atoms with Gasteiger partial charge in [-0.25, -0.2) is 0 Å². The number of aromatic amines is 1. The first kappa shape index (κ1) is 17.2. The number of aryl methyl sites for hydroxylation is 1. The summed E-state index contributed by atoms with van der Waals surface area (Å²) in [7, 11) is 0. The second-order valence-electron chi connectivity index (χ2n) is 6.57. The average Bonchev–Trinajstić information content (AvgIpc) is 3.39. The lowest BCUT2D eigenvalue weighted by Crippen LogP contribution is -2.06. The Kier molecular flexibility index (Phi) is 4.32. The predicted molar refractivity (Wildman–Crippen MR) is 104 cm³/mol. The van der Waals surface area contributed by atoms with Gasteiger partial charge in [-0.2, -0.15) is 4.68 Å². The third-order valence-corrected chi connectivity index (χ3v) is 4.64. The molecule has 9 heteroatoms. The van der Waals surface area contributed by atoms with Gasteiger partial charge < -0.3 is 19.2 Å². The zero-order chi connectivity index (χ0) is 19.6. The van der Waals surface area contributed by atoms with Crippen molar-refractivity contribution in [3.05, 3.63) is 64.7 Å². The van der Waals surface area contributed by atoms with Gasteiger partial charge in [-0.1, -0.05) is 0 Å². The van der Waals surface area contributed by atoms with Crippen molar-refractivity contribution in [2.24, 2.45) is 0 Å². The number of H-pyrrole nitrogens is 1. The van der Waals surface area contributed by atoms with Crippen molar-refractivity contribution in [3.63, 3.8) is 0 Å². The van der Waals surface area contributed by atoms with Crippen molar-refractivity contribution in [2.45, 2.75) is 12.8 Å². The van der Waals surface area contributed by atoms with Crippen LogP contribution in [0.25, 0.3) is 16.6 Å². The SMILES string of the molecule is O=c1ccc2cc(OCCCc3nnnn3-c3ccc4c(c3)OCO4)ccc2[nH]1. The molecule has 2 aromatic heterocycles. The van der Waals surface area contributed by atoms with Gasteiger partial charge in [-0.05, 0) is 53.2 Å². The van der Waals surface area contributed by atoms with Crippen LogP contribution in [0.3, 0.4) is 0 Å². The Morgan fingerprint density at radius 1 is 1.07 bits per heavy atom. The first-order valence-corrected chi connectivity index (χ1v) is 9.19. The maximum Gasteiger partial charge on any atom is 0.248 e. The van der Waals surface area contributed by atoms with E-state index >= 15 is 0 Å². The third kappa shape index (κ3) is 3.49. The van der Waals surface area contributed by atoms with E-state index in [1.54, 1.807) is 10.7 Å². The molecule has 0 spiro atoms. The molecule has 146 valence electrons. The maximum absolute atomic E-state index is 11.4. The van der Waals surface area contributed by atoms with Gasteiger partial charge in [-0.3, -0.25) is 4.79 Å². The molecule has 0 amide bonds. The van der Waals surface area contributed by atoms with Gasteiger partial charge in [0.1, 0.15) is 5.75 Å². The van der Waals surface area contributed by atoms with E-state index in [0.717, 1.165) is 40.3 Å². The summed E-state index contributed by atoms with van der Waals surface area (Å²) < 4.78 is 18.3. The van der Waals surface area contributed by atoms with Crippen LogP contribution in [-0.2, 0) is 6.42 Å². The molecule has 1 N–H and O–H groups in total. The molecular weight excluding hydrogens is 374 g/mol. The fourth-order valence-electron chi connectivity index (χ4n) is 3.22. The summed E-state index contributed by atoms with van der Waals surface area (Å²) in [5.74, 6) is 2.89. The van der Waals surface area contributed by atoms with Crippen LogP contribution in [0.2, 0.25) is 0 Å². The van der Waals surface area contributed by atoms with E-state index in [4.69, 9.17) is 14.2 Å². The molecule has 5 rings (SSSR count). The fourth-order valence-corrected chi connectivity index (χ4v) is 3.22. The Labute approximate surface area is 164 Å². The van der Waals surface area contributed by atoms with E-state index in [1.807, 2.05) is 36.4 Å². The van der Waals surface area contributed by atoms with Gasteiger partial charge in [0.05, 0.1) is 12.3 Å². The zero-order valence-electron chi connectivity index (χ0n) is 15.4. The van der Waals surface area contributed by atoms with Crippen molar-refractivity contribution in [3.8, 4) is 22.9 Å². The van der Waals surface area contributed by atoms with Crippen LogP contribution in [0.1, 0.15) is 12.2 Å². The molecule has 0 radical (unpaired) electrons. The number of ether oxygens (including phenoxy) is 3. The van der Waals surface area contributed by atoms with Gasteiger partial charge in [-0.15, -0.1) is 5.10 Å². The molecule has 3 heterocycles. The van der Waals surface area contributed by atoms with Crippen LogP contribution in [0.4, 0.5) is 0 Å². The number of rotatable bonds is 6. The molecule has 9 nitrogen and oxygen atoms in total. The molecule has 0 aliphatic carbocycles. The minimum atomic E-state index is -0.119. The molecule has 1 aliphatic heterocycles. The summed E-state index contributed by atoms with van der Waals surface area (Å²) in [6.45, 7) is 0.742. The molecular formula is C20H17N5O4. The number of pyridine rings is 1. The Morgan fingerprint density at radius 3 is 2.97 bits per heavy atom. The summed E-state index contributed by atoms with van der Waals surface area (Å²) >= 11 is 0. The zero-order valence-corrected chi connectivity index (χ0v) is 15.4. The highest BCUT2D eigenvalue weighted by Crippen LogP contribution is 2.33. The minimum Gasteiger partial charge on any atom is -0.494 e. The molecule has 4 aromatic rings. The normalized spacial score (nSPS) is 12.4. The van der Waals surface area contributed by atoms with Gasteiger partial charge in [0.15, 0.2) is 17.3 Å². The number of nitrogens with one attached hydrogen (secondary N) is 1. The van der Waals surface area contributed by atoms with Crippen LogP contribution >= 0.6 is 0 Å². The predicted octanol–water partition coefficient (Wildman–Crippen LogP) is 2.24. The summed E-state index contributed by atoms with van der Waals surface area (Å²) in [4.78, 5) is 14.1. The fraction of sp³-hybridized carbons (Fsp3) is 0.200. The van der Waals surface area contributed by atoms with Crippen molar-refractivity contribution in [1.29, 1.82) is 0 Å². The second-order valence-corrected chi connectivity index (χ2v) is 6.57. The number of nitrogens with zero attached hydrogens (tertiary/aromatic N) is 4. The lowest BCUT2D eigenvalue weighted by Gasteiger charge is -2.08. The number of hydrogen-bond acceptors (Lipinski definition) is 7. The molecule has 29 heavy (non-hydrogen) atoms. The lowest BCUT2D eigenvalue weighted by atomic mass is 10.2. The molecule has 0 saturated heterocycles. The van der Waals surface area contributed by atoms with E-state index < -0.39 is 0 Å². The third-order valence-electron chi connectivity index (χ3n) is 4.64. The molecule has 0 atom stereocenters. The molecule has 2 aromatic carbocycles. The largest absolute Gasteiger partial charge is 0.494 e. The molecule has 1 aliphatic rings. The van der Waals surface area contributed by atoms with E-state index in [9.17, 15) is 4.79 Å². The van der Waals surface area contributed by atoms with Gasteiger partial charge in [0.25, 0.3) is 0 Å². The van der Waals surface area contributed by atoms with Gasteiger partial charge in [0, 0.05) is 29.5 Å². The van der Waals surface area contributed by atoms with Gasteiger partial charge >= 0.3 is 0 Å². The van der Waals surface area contributed by atoms with Crippen molar-refractivity contribution < 1.29 is 14.2 Å².